The molecule has 0 atom stereocenters. The van der Waals surface area contributed by atoms with Crippen LogP contribution in [0.4, 0.5) is 5.95 Å². The molecule has 0 spiro atoms. The summed E-state index contributed by atoms with van der Waals surface area (Å²) in [5.74, 6) is -0.632. The first kappa shape index (κ1) is 15.4. The minimum atomic E-state index is -0.627. The summed E-state index contributed by atoms with van der Waals surface area (Å²) in [5.41, 5.74) is 1.40. The maximum atomic E-state index is 12.8. The number of aromatic amines is 1. The smallest absolute Gasteiger partial charge is 0.271 e. The number of benzene rings is 1. The third-order valence-corrected chi connectivity index (χ3v) is 4.78. The highest BCUT2D eigenvalue weighted by Gasteiger charge is 2.17. The molecule has 0 unspecified atom stereocenters. The maximum absolute atomic E-state index is 12.8. The third kappa shape index (κ3) is 2.66. The third-order valence-electron chi connectivity index (χ3n) is 3.75. The molecule has 1 amide bonds. The number of thiazole rings is 1. The van der Waals surface area contributed by atoms with E-state index >= 15 is 0 Å². The van der Waals surface area contributed by atoms with Gasteiger partial charge in [-0.3, -0.25) is 19.3 Å². The second-order valence-corrected chi connectivity index (χ2v) is 6.45. The predicted molar refractivity (Wildman–Crippen MR) is 93.0 cm³/mol. The molecule has 0 saturated heterocycles. The van der Waals surface area contributed by atoms with Crippen LogP contribution in [-0.2, 0) is 6.42 Å². The molecule has 25 heavy (non-hydrogen) atoms. The van der Waals surface area contributed by atoms with Gasteiger partial charge in [0.15, 0.2) is 4.96 Å². The van der Waals surface area contributed by atoms with Crippen LogP contribution in [0.15, 0.2) is 29.2 Å². The van der Waals surface area contributed by atoms with Crippen molar-refractivity contribution in [2.45, 2.75) is 19.8 Å². The molecule has 10 heteroatoms. The van der Waals surface area contributed by atoms with Crippen LogP contribution in [0.25, 0.3) is 15.2 Å². The average Bonchev–Trinajstić information content (AvgIpc) is 3.22. The summed E-state index contributed by atoms with van der Waals surface area (Å²) < 4.78 is 2.42. The molecule has 0 fully saturated rings. The van der Waals surface area contributed by atoms with Crippen LogP contribution in [0.5, 0.6) is 0 Å². The van der Waals surface area contributed by atoms with Crippen LogP contribution in [0, 0.1) is 0 Å². The van der Waals surface area contributed by atoms with Gasteiger partial charge in [-0.05, 0) is 29.3 Å². The molecule has 126 valence electrons. The minimum Gasteiger partial charge on any atom is -0.288 e. The first-order valence-corrected chi connectivity index (χ1v) is 8.47. The zero-order valence-electron chi connectivity index (χ0n) is 13.2. The molecule has 0 aliphatic heterocycles. The van der Waals surface area contributed by atoms with E-state index < -0.39 is 11.5 Å². The van der Waals surface area contributed by atoms with Crippen molar-refractivity contribution < 1.29 is 4.79 Å². The Labute approximate surface area is 144 Å². The van der Waals surface area contributed by atoms with E-state index in [1.54, 1.807) is 0 Å². The molecule has 0 saturated carbocycles. The molecule has 2 N–H and O–H groups in total. The number of tetrazole rings is 1. The Kier molecular flexibility index (Phi) is 3.73. The minimum absolute atomic E-state index is 0.00472. The first-order valence-electron chi connectivity index (χ1n) is 7.65. The fraction of sp³-hybridized carbons (Fsp3) is 0.200. The zero-order valence-corrected chi connectivity index (χ0v) is 14.0. The Morgan fingerprint density at radius 1 is 1.40 bits per heavy atom. The standard InChI is InChI=1S/C15H13N7O2S/c1-2-3-8-4-5-11-10(6-8)22-13(24)9(7-16-15(22)25-11)12(23)17-14-18-20-21-19-14/h4-7H,2-3H2,1H3,(H2,17,18,19,20,21,23). The van der Waals surface area contributed by atoms with E-state index in [1.807, 2.05) is 12.1 Å². The van der Waals surface area contributed by atoms with Crippen molar-refractivity contribution in [3.63, 3.8) is 0 Å². The lowest BCUT2D eigenvalue weighted by molar-refractivity contribution is 0.102. The Morgan fingerprint density at radius 2 is 2.28 bits per heavy atom. The van der Waals surface area contributed by atoms with Gasteiger partial charge in [0.2, 0.25) is 0 Å². The Balaban J connectivity index is 1.85. The number of aromatic nitrogens is 6. The van der Waals surface area contributed by atoms with E-state index in [1.165, 1.54) is 21.9 Å². The number of rotatable bonds is 4. The summed E-state index contributed by atoms with van der Waals surface area (Å²) in [6, 6.07) is 6.01. The predicted octanol–water partition coefficient (Wildman–Crippen LogP) is 1.63. The van der Waals surface area contributed by atoms with Crippen molar-refractivity contribution >= 4 is 38.4 Å². The number of nitrogens with one attached hydrogen (secondary N) is 2. The summed E-state index contributed by atoms with van der Waals surface area (Å²) in [6.45, 7) is 2.10. The van der Waals surface area contributed by atoms with E-state index in [0.717, 1.165) is 28.6 Å². The quantitative estimate of drug-likeness (QED) is 0.574. The molecule has 0 bridgehead atoms. The van der Waals surface area contributed by atoms with E-state index in [4.69, 9.17) is 0 Å². The fourth-order valence-corrected chi connectivity index (χ4v) is 3.60. The SMILES string of the molecule is CCCc1ccc2sc3ncc(C(=O)Nc4nn[nH]n4)c(=O)n3c2c1. The highest BCUT2D eigenvalue weighted by Crippen LogP contribution is 2.25. The van der Waals surface area contributed by atoms with Gasteiger partial charge < -0.3 is 0 Å². The summed E-state index contributed by atoms with van der Waals surface area (Å²) in [7, 11) is 0. The fourth-order valence-electron chi connectivity index (χ4n) is 2.63. The topological polar surface area (TPSA) is 118 Å². The zero-order chi connectivity index (χ0) is 17.4. The summed E-state index contributed by atoms with van der Waals surface area (Å²) in [4.78, 5) is 30.0. The van der Waals surface area contributed by atoms with Crippen molar-refractivity contribution in [2.75, 3.05) is 5.32 Å². The van der Waals surface area contributed by atoms with Crippen molar-refractivity contribution in [1.29, 1.82) is 0 Å². The normalized spacial score (nSPS) is 11.2. The number of nitrogens with zero attached hydrogens (tertiary/aromatic N) is 5. The molecular formula is C15H13N7O2S. The van der Waals surface area contributed by atoms with Gasteiger partial charge in [-0.2, -0.15) is 5.21 Å². The van der Waals surface area contributed by atoms with Gasteiger partial charge in [-0.25, -0.2) is 4.98 Å². The molecule has 4 aromatic rings. The molecule has 3 aromatic heterocycles. The maximum Gasteiger partial charge on any atom is 0.271 e. The van der Waals surface area contributed by atoms with Crippen LogP contribution >= 0.6 is 11.3 Å². The Hall–Kier alpha value is -3.14. The molecule has 1 aromatic carbocycles. The monoisotopic (exact) mass is 355 g/mol. The molecule has 0 radical (unpaired) electrons. The van der Waals surface area contributed by atoms with E-state index in [-0.39, 0.29) is 11.5 Å². The average molecular weight is 355 g/mol. The van der Waals surface area contributed by atoms with E-state index in [9.17, 15) is 9.59 Å². The van der Waals surface area contributed by atoms with Crippen LogP contribution in [0.1, 0.15) is 29.3 Å². The van der Waals surface area contributed by atoms with Crippen molar-refractivity contribution in [3.8, 4) is 0 Å². The molecular weight excluding hydrogens is 342 g/mol. The summed E-state index contributed by atoms with van der Waals surface area (Å²) in [6.07, 6.45) is 3.21. The summed E-state index contributed by atoms with van der Waals surface area (Å²) >= 11 is 1.41. The van der Waals surface area contributed by atoms with E-state index in [0.29, 0.717) is 4.96 Å². The number of anilines is 1. The van der Waals surface area contributed by atoms with Crippen LogP contribution in [0.2, 0.25) is 0 Å². The van der Waals surface area contributed by atoms with Gasteiger partial charge in [0.25, 0.3) is 17.4 Å². The van der Waals surface area contributed by atoms with Crippen LogP contribution < -0.4 is 10.9 Å². The molecule has 0 aliphatic carbocycles. The molecule has 0 aliphatic rings. The highest BCUT2D eigenvalue weighted by molar-refractivity contribution is 7.23. The first-order chi connectivity index (χ1) is 12.2. The second-order valence-electron chi connectivity index (χ2n) is 5.44. The van der Waals surface area contributed by atoms with Gasteiger partial charge in [0.1, 0.15) is 5.56 Å². The number of amides is 1. The van der Waals surface area contributed by atoms with E-state index in [2.05, 4.69) is 43.9 Å². The Bertz CT molecular complexity index is 1130. The number of carbonyl (C=O) groups is 1. The number of fused-ring (bicyclic) bond motifs is 3. The second kappa shape index (κ2) is 6.06. The summed E-state index contributed by atoms with van der Waals surface area (Å²) in [5, 5.41) is 15.3. The number of hydrogen-bond donors (Lipinski definition) is 2. The van der Waals surface area contributed by atoms with Gasteiger partial charge in [0, 0.05) is 6.20 Å². The lowest BCUT2D eigenvalue weighted by atomic mass is 10.1. The largest absolute Gasteiger partial charge is 0.288 e. The van der Waals surface area contributed by atoms with Gasteiger partial charge in [0.05, 0.1) is 10.2 Å². The molecule has 3 heterocycles. The lowest BCUT2D eigenvalue weighted by Crippen LogP contribution is -2.26. The number of H-pyrrole nitrogens is 1. The van der Waals surface area contributed by atoms with Gasteiger partial charge in [-0.1, -0.05) is 35.8 Å². The number of carbonyl (C=O) groups excluding carboxylic acids is 1. The number of hydrogen-bond acceptors (Lipinski definition) is 7. The molecule has 4 rings (SSSR count). The lowest BCUT2D eigenvalue weighted by Gasteiger charge is -2.02. The van der Waals surface area contributed by atoms with Crippen molar-refractivity contribution in [2.24, 2.45) is 0 Å². The highest BCUT2D eigenvalue weighted by atomic mass is 32.1. The van der Waals surface area contributed by atoms with Crippen molar-refractivity contribution in [3.05, 3.63) is 45.9 Å². The Morgan fingerprint density at radius 3 is 3.04 bits per heavy atom. The van der Waals surface area contributed by atoms with Gasteiger partial charge >= 0.3 is 0 Å². The van der Waals surface area contributed by atoms with Crippen LogP contribution in [-0.4, -0.2) is 35.9 Å². The van der Waals surface area contributed by atoms with Crippen molar-refractivity contribution in [1.82, 2.24) is 30.0 Å². The van der Waals surface area contributed by atoms with Gasteiger partial charge in [-0.15, -0.1) is 5.10 Å². The molecule has 9 nitrogen and oxygen atoms in total. The number of aryl methyl sites for hydroxylation is 1. The van der Waals surface area contributed by atoms with Crippen LogP contribution in [0.3, 0.4) is 0 Å².